The Morgan fingerprint density at radius 2 is 2.15 bits per heavy atom. The summed E-state index contributed by atoms with van der Waals surface area (Å²) in [6.45, 7) is 0.792. The number of thioether (sulfide) groups is 1. The third kappa shape index (κ3) is 6.79. The summed E-state index contributed by atoms with van der Waals surface area (Å²) in [5, 5.41) is 5.28. The maximum absolute atomic E-state index is 14.5. The van der Waals surface area contributed by atoms with Gasteiger partial charge in [-0.05, 0) is 31.2 Å². The number of anilines is 1. The molecule has 1 aliphatic rings. The molecule has 39 heavy (non-hydrogen) atoms. The van der Waals surface area contributed by atoms with Crippen LogP contribution in [0.5, 0.6) is 5.75 Å². The van der Waals surface area contributed by atoms with Gasteiger partial charge < -0.3 is 20.3 Å². The van der Waals surface area contributed by atoms with Crippen molar-refractivity contribution in [3.8, 4) is 17.6 Å². The van der Waals surface area contributed by atoms with Crippen LogP contribution in [0.2, 0.25) is 0 Å². The average Bonchev–Trinajstić information content (AvgIpc) is 3.24. The summed E-state index contributed by atoms with van der Waals surface area (Å²) in [7, 11) is 4.77. The highest BCUT2D eigenvalue weighted by Crippen LogP contribution is 2.39. The molecule has 0 unspecified atom stereocenters. The molecule has 1 amide bonds. The van der Waals surface area contributed by atoms with E-state index in [1.165, 1.54) is 31.0 Å². The normalized spacial score (nSPS) is 17.1. The Hall–Kier alpha value is -3.83. The number of likely N-dealkylation sites (tertiary alicyclic amines) is 1. The number of methoxy groups -OCH3 is 1. The Balaban J connectivity index is 1.66. The summed E-state index contributed by atoms with van der Waals surface area (Å²) in [5.41, 5.74) is -3.55. The molecule has 3 heterocycles. The van der Waals surface area contributed by atoms with Crippen LogP contribution in [-0.4, -0.2) is 83.4 Å². The average molecular weight is 564 g/mol. The molecule has 1 aromatic carbocycles. The fourth-order valence-corrected chi connectivity index (χ4v) is 4.56. The van der Waals surface area contributed by atoms with Gasteiger partial charge in [-0.2, -0.15) is 13.2 Å². The van der Waals surface area contributed by atoms with Crippen LogP contribution in [0.25, 0.3) is 5.65 Å². The minimum atomic E-state index is -4.61. The van der Waals surface area contributed by atoms with E-state index in [1.54, 1.807) is 25.2 Å². The Bertz CT molecular complexity index is 1460. The Morgan fingerprint density at radius 1 is 1.36 bits per heavy atom. The summed E-state index contributed by atoms with van der Waals surface area (Å²) in [6.07, 6.45) is 1.68. The summed E-state index contributed by atoms with van der Waals surface area (Å²) < 4.78 is 61.3. The number of aliphatic imine (C=N–C) groups is 1. The fourth-order valence-electron chi connectivity index (χ4n) is 3.90. The topological polar surface area (TPSA) is 96.1 Å². The highest BCUT2D eigenvalue weighted by atomic mass is 32.2. The van der Waals surface area contributed by atoms with Crippen LogP contribution in [-0.2, 0) is 0 Å². The molecule has 0 bridgehead atoms. The zero-order chi connectivity index (χ0) is 28.2. The van der Waals surface area contributed by atoms with Crippen molar-refractivity contribution < 1.29 is 27.1 Å². The molecule has 14 heteroatoms. The van der Waals surface area contributed by atoms with Crippen LogP contribution in [0, 0.1) is 11.8 Å². The molecule has 2 aromatic heterocycles. The zero-order valence-electron chi connectivity index (χ0n) is 21.3. The fraction of sp³-hybridized carbons (Fsp3) is 0.360. The van der Waals surface area contributed by atoms with Crippen molar-refractivity contribution in [2.24, 2.45) is 4.99 Å². The first kappa shape index (κ1) is 28.2. The predicted molar refractivity (Wildman–Crippen MR) is 141 cm³/mol. The van der Waals surface area contributed by atoms with Crippen LogP contribution >= 0.6 is 11.8 Å². The molecule has 1 aliphatic heterocycles. The number of alkyl halides is 4. The first-order chi connectivity index (χ1) is 18.6. The van der Waals surface area contributed by atoms with Gasteiger partial charge in [-0.3, -0.25) is 9.20 Å². The highest BCUT2D eigenvalue weighted by molar-refractivity contribution is 8.00. The standard InChI is InChI=1S/C25H25F4N7O2S/c1-30-23(37)15-6-7-20(38-3)19(13-15)31-9-4-5-18-24(39-25(27,28)29)36-12-10-32-21(22(36)34-18)33-17-8-11-35(2)14-16(17)26/h6-7,10,12-13,16,31H,8-9,11,14H2,1-3H3,(H,30,37)/t16-/m0/s1. The van der Waals surface area contributed by atoms with Crippen molar-refractivity contribution in [1.29, 1.82) is 0 Å². The van der Waals surface area contributed by atoms with Gasteiger partial charge in [0.15, 0.2) is 17.6 Å². The predicted octanol–water partition coefficient (Wildman–Crippen LogP) is 3.92. The molecule has 4 rings (SSSR count). The maximum Gasteiger partial charge on any atom is 0.447 e. The molecule has 2 N–H and O–H groups in total. The molecule has 9 nitrogen and oxygen atoms in total. The Labute approximate surface area is 226 Å². The molecular formula is C25H25F4N7O2S. The molecule has 3 aromatic rings. The number of nitrogens with zero attached hydrogens (tertiary/aromatic N) is 5. The van der Waals surface area contributed by atoms with E-state index >= 15 is 0 Å². The van der Waals surface area contributed by atoms with Crippen molar-refractivity contribution in [3.63, 3.8) is 0 Å². The third-order valence-corrected chi connectivity index (χ3v) is 6.60. The lowest BCUT2D eigenvalue weighted by atomic mass is 10.1. The zero-order valence-corrected chi connectivity index (χ0v) is 22.1. The molecule has 0 saturated carbocycles. The second-order valence-electron chi connectivity index (χ2n) is 8.49. The first-order valence-electron chi connectivity index (χ1n) is 11.8. The number of aromatic nitrogens is 3. The van der Waals surface area contributed by atoms with Gasteiger partial charge in [0.05, 0.1) is 25.1 Å². The number of carbonyl (C=O) groups is 1. The monoisotopic (exact) mass is 563 g/mol. The minimum absolute atomic E-state index is 0.0159. The lowest BCUT2D eigenvalue weighted by Crippen LogP contribution is -2.39. The smallest absolute Gasteiger partial charge is 0.447 e. The number of amides is 1. The number of hydrogen-bond donors (Lipinski definition) is 2. The largest absolute Gasteiger partial charge is 0.495 e. The van der Waals surface area contributed by atoms with Gasteiger partial charge in [0.2, 0.25) is 0 Å². The van der Waals surface area contributed by atoms with Crippen LogP contribution in [0.4, 0.5) is 29.1 Å². The summed E-state index contributed by atoms with van der Waals surface area (Å²) >= 11 is -0.357. The Kier molecular flexibility index (Phi) is 8.61. The van der Waals surface area contributed by atoms with Crippen LogP contribution < -0.4 is 15.4 Å². The van der Waals surface area contributed by atoms with Crippen LogP contribution in [0.3, 0.4) is 0 Å². The molecule has 206 valence electrons. The number of benzene rings is 1. The maximum atomic E-state index is 14.5. The van der Waals surface area contributed by atoms with E-state index in [0.29, 0.717) is 30.0 Å². The number of fused-ring (bicyclic) bond motifs is 1. The van der Waals surface area contributed by atoms with Gasteiger partial charge in [-0.15, -0.1) is 0 Å². The quantitative estimate of drug-likeness (QED) is 0.267. The molecule has 0 radical (unpaired) electrons. The second kappa shape index (κ2) is 11.9. The third-order valence-electron chi connectivity index (χ3n) is 5.79. The van der Waals surface area contributed by atoms with E-state index in [9.17, 15) is 22.4 Å². The lowest BCUT2D eigenvalue weighted by molar-refractivity contribution is -0.0330. The van der Waals surface area contributed by atoms with E-state index in [0.717, 1.165) is 0 Å². The molecule has 1 saturated heterocycles. The van der Waals surface area contributed by atoms with E-state index in [-0.39, 0.29) is 58.7 Å². The van der Waals surface area contributed by atoms with Gasteiger partial charge in [0.1, 0.15) is 16.5 Å². The van der Waals surface area contributed by atoms with Crippen molar-refractivity contribution in [2.75, 3.05) is 46.2 Å². The van der Waals surface area contributed by atoms with Gasteiger partial charge in [0.25, 0.3) is 5.91 Å². The van der Waals surface area contributed by atoms with Crippen molar-refractivity contribution >= 4 is 40.5 Å². The van der Waals surface area contributed by atoms with Gasteiger partial charge in [-0.25, -0.2) is 19.4 Å². The summed E-state index contributed by atoms with van der Waals surface area (Å²) in [5.74, 6) is 5.64. The molecule has 1 atom stereocenters. The van der Waals surface area contributed by atoms with Gasteiger partial charge in [-0.1, -0.05) is 5.92 Å². The number of imidazole rings is 1. The van der Waals surface area contributed by atoms with Crippen molar-refractivity contribution in [2.45, 2.75) is 23.1 Å². The second-order valence-corrected chi connectivity index (χ2v) is 9.54. The molecule has 0 aliphatic carbocycles. The van der Waals surface area contributed by atoms with Crippen LogP contribution in [0.15, 0.2) is 40.6 Å². The molecule has 1 fully saturated rings. The van der Waals surface area contributed by atoms with E-state index in [4.69, 9.17) is 4.74 Å². The first-order valence-corrected chi connectivity index (χ1v) is 12.6. The summed E-state index contributed by atoms with van der Waals surface area (Å²) in [6, 6.07) is 4.79. The number of halogens is 4. The van der Waals surface area contributed by atoms with Crippen LogP contribution in [0.1, 0.15) is 22.5 Å². The van der Waals surface area contributed by atoms with E-state index in [1.807, 2.05) is 4.90 Å². The minimum Gasteiger partial charge on any atom is -0.495 e. The number of ether oxygens (including phenoxy) is 1. The Morgan fingerprint density at radius 3 is 2.85 bits per heavy atom. The summed E-state index contributed by atoms with van der Waals surface area (Å²) in [4.78, 5) is 26.5. The van der Waals surface area contributed by atoms with Gasteiger partial charge >= 0.3 is 5.51 Å². The SMILES string of the molecule is CNC(=O)c1ccc(OC)c(NCC#Cc2nc3c(N=C4CCN(C)C[C@@H]4F)nccn3c2SC(F)(F)F)c1. The number of hydrogen-bond acceptors (Lipinski definition) is 8. The van der Waals surface area contributed by atoms with E-state index < -0.39 is 11.7 Å². The number of piperidine rings is 1. The highest BCUT2D eigenvalue weighted by Gasteiger charge is 2.33. The molecule has 0 spiro atoms. The van der Waals surface area contributed by atoms with Crippen molar-refractivity contribution in [3.05, 3.63) is 41.9 Å². The number of rotatable bonds is 6. The lowest BCUT2D eigenvalue weighted by Gasteiger charge is -2.26. The van der Waals surface area contributed by atoms with Gasteiger partial charge in [0, 0.05) is 56.3 Å². The number of carbonyl (C=O) groups excluding carboxylic acids is 1. The number of nitrogens with one attached hydrogen (secondary N) is 2. The van der Waals surface area contributed by atoms with Crippen molar-refractivity contribution in [1.82, 2.24) is 24.6 Å². The van der Waals surface area contributed by atoms with E-state index in [2.05, 4.69) is 37.4 Å². The molecular weight excluding hydrogens is 538 g/mol.